The van der Waals surface area contributed by atoms with E-state index in [1.54, 1.807) is 12.1 Å². The lowest BCUT2D eigenvalue weighted by molar-refractivity contribution is 0.0447. The minimum Gasteiger partial charge on any atom is -0.421 e. The fourth-order valence-electron chi connectivity index (χ4n) is 1.46. The van der Waals surface area contributed by atoms with Crippen LogP contribution in [0.15, 0.2) is 18.2 Å². The van der Waals surface area contributed by atoms with E-state index in [1.807, 2.05) is 25.1 Å². The van der Waals surface area contributed by atoms with Gasteiger partial charge < -0.3 is 9.64 Å². The molecule has 3 nitrogen and oxygen atoms in total. The van der Waals surface area contributed by atoms with E-state index in [9.17, 15) is 4.79 Å². The van der Waals surface area contributed by atoms with Crippen molar-refractivity contribution in [2.75, 3.05) is 19.0 Å². The first-order valence-corrected chi connectivity index (χ1v) is 5.10. The fourth-order valence-corrected chi connectivity index (χ4v) is 1.93. The second-order valence-electron chi connectivity index (χ2n) is 3.53. The van der Waals surface area contributed by atoms with Gasteiger partial charge in [0.25, 0.3) is 4.52 Å². The third-order valence-corrected chi connectivity index (χ3v) is 2.84. The highest BCUT2D eigenvalue weighted by molar-refractivity contribution is 6.48. The molecule has 0 aliphatic carbocycles. The van der Waals surface area contributed by atoms with Crippen molar-refractivity contribution in [3.05, 3.63) is 29.3 Å². The fraction of sp³-hybridized carbons (Fsp3) is 0.300. The van der Waals surface area contributed by atoms with Gasteiger partial charge in [-0.1, -0.05) is 23.2 Å². The number of hydrogen-bond acceptors (Lipinski definition) is 3. The average molecular weight is 246 g/mol. The Morgan fingerprint density at radius 2 is 2.00 bits per heavy atom. The minimum atomic E-state index is -1.54. The zero-order chi connectivity index (χ0) is 11.2. The molecule has 0 bridgehead atoms. The monoisotopic (exact) mass is 245 g/mol. The molecular weight excluding hydrogens is 237 g/mol. The van der Waals surface area contributed by atoms with Gasteiger partial charge in [-0.2, -0.15) is 0 Å². The smallest absolute Gasteiger partial charge is 0.341 e. The second-order valence-corrected chi connectivity index (χ2v) is 4.79. The molecule has 5 heteroatoms. The van der Waals surface area contributed by atoms with Crippen LogP contribution < -0.4 is 4.90 Å². The minimum absolute atomic E-state index is 0.422. The number of alkyl halides is 2. The van der Waals surface area contributed by atoms with E-state index in [1.165, 1.54) is 0 Å². The lowest BCUT2D eigenvalue weighted by Crippen LogP contribution is -2.10. The number of carbonyl (C=O) groups excluding carboxylic acids is 1. The molecule has 1 heterocycles. The van der Waals surface area contributed by atoms with Gasteiger partial charge in [0.1, 0.15) is 0 Å². The molecule has 0 N–H and O–H groups in total. The average Bonchev–Trinajstić information content (AvgIpc) is 2.37. The van der Waals surface area contributed by atoms with Crippen LogP contribution in [0.5, 0.6) is 0 Å². The molecular formula is C10H9Cl2NO2. The summed E-state index contributed by atoms with van der Waals surface area (Å²) in [5.74, 6) is -0.487. The van der Waals surface area contributed by atoms with E-state index in [0.29, 0.717) is 11.1 Å². The highest BCUT2D eigenvalue weighted by atomic mass is 35.5. The number of cyclic esters (lactones) is 1. The first-order valence-electron chi connectivity index (χ1n) is 4.35. The van der Waals surface area contributed by atoms with Gasteiger partial charge >= 0.3 is 5.97 Å². The van der Waals surface area contributed by atoms with E-state index in [2.05, 4.69) is 0 Å². The number of fused-ring (bicyclic) bond motifs is 1. The van der Waals surface area contributed by atoms with Gasteiger partial charge in [0.05, 0.1) is 5.56 Å². The van der Waals surface area contributed by atoms with Crippen LogP contribution in [0.2, 0.25) is 0 Å². The van der Waals surface area contributed by atoms with Crippen LogP contribution in [-0.4, -0.2) is 20.1 Å². The zero-order valence-corrected chi connectivity index (χ0v) is 9.76. The number of benzene rings is 1. The number of esters is 1. The van der Waals surface area contributed by atoms with Gasteiger partial charge in [-0.05, 0) is 18.2 Å². The van der Waals surface area contributed by atoms with E-state index in [-0.39, 0.29) is 0 Å². The summed E-state index contributed by atoms with van der Waals surface area (Å²) in [7, 11) is 3.77. The van der Waals surface area contributed by atoms with Gasteiger partial charge in [-0.15, -0.1) is 0 Å². The normalized spacial score (nSPS) is 17.2. The Balaban J connectivity index is 2.56. The standard InChI is InChI=1S/C10H9Cl2NO2/c1-13(2)6-3-4-8-7(5-6)9(14)15-10(8,11)12/h3-5H,1-2H3. The first kappa shape index (κ1) is 10.6. The highest BCUT2D eigenvalue weighted by Crippen LogP contribution is 2.44. The summed E-state index contributed by atoms with van der Waals surface area (Å²) in [4.78, 5) is 13.3. The van der Waals surface area contributed by atoms with Crippen LogP contribution in [0.25, 0.3) is 0 Å². The summed E-state index contributed by atoms with van der Waals surface area (Å²) in [6.07, 6.45) is 0. The Bertz CT molecular complexity index is 429. The van der Waals surface area contributed by atoms with Crippen LogP contribution in [0, 0.1) is 0 Å². The van der Waals surface area contributed by atoms with Crippen LogP contribution in [0.4, 0.5) is 5.69 Å². The van der Waals surface area contributed by atoms with Crippen LogP contribution in [0.3, 0.4) is 0 Å². The summed E-state index contributed by atoms with van der Waals surface area (Å²) in [5, 5.41) is 0. The lowest BCUT2D eigenvalue weighted by Gasteiger charge is -2.14. The predicted molar refractivity (Wildman–Crippen MR) is 59.6 cm³/mol. The lowest BCUT2D eigenvalue weighted by atomic mass is 10.1. The van der Waals surface area contributed by atoms with Crippen molar-refractivity contribution < 1.29 is 9.53 Å². The van der Waals surface area contributed by atoms with E-state index in [0.717, 1.165) is 5.69 Å². The molecule has 15 heavy (non-hydrogen) atoms. The molecule has 0 amide bonds. The Morgan fingerprint density at radius 1 is 1.33 bits per heavy atom. The van der Waals surface area contributed by atoms with Crippen LogP contribution in [-0.2, 0) is 9.26 Å². The van der Waals surface area contributed by atoms with Crippen LogP contribution >= 0.6 is 23.2 Å². The maximum Gasteiger partial charge on any atom is 0.341 e. The van der Waals surface area contributed by atoms with Crippen LogP contribution in [0.1, 0.15) is 15.9 Å². The molecule has 0 saturated carbocycles. The molecule has 1 aromatic carbocycles. The van der Waals surface area contributed by atoms with Gasteiger partial charge in [0.15, 0.2) is 0 Å². The Hall–Kier alpha value is -0.930. The van der Waals surface area contributed by atoms with Crippen molar-refractivity contribution in [2.24, 2.45) is 0 Å². The molecule has 0 radical (unpaired) electrons. The third-order valence-electron chi connectivity index (χ3n) is 2.27. The van der Waals surface area contributed by atoms with Crippen molar-refractivity contribution in [1.29, 1.82) is 0 Å². The van der Waals surface area contributed by atoms with Gasteiger partial charge in [0, 0.05) is 25.3 Å². The SMILES string of the molecule is CN(C)c1ccc2c(c1)C(=O)OC2(Cl)Cl. The van der Waals surface area contributed by atoms with Gasteiger partial charge in [0.2, 0.25) is 0 Å². The van der Waals surface area contributed by atoms with E-state index < -0.39 is 10.5 Å². The predicted octanol–water partition coefficient (Wildman–Crippen LogP) is 2.51. The summed E-state index contributed by atoms with van der Waals surface area (Å²) < 4.78 is 3.28. The summed E-state index contributed by atoms with van der Waals surface area (Å²) >= 11 is 11.7. The quantitative estimate of drug-likeness (QED) is 0.563. The number of hydrogen-bond donors (Lipinski definition) is 0. The zero-order valence-electron chi connectivity index (χ0n) is 8.25. The summed E-state index contributed by atoms with van der Waals surface area (Å²) in [5.41, 5.74) is 1.82. The van der Waals surface area contributed by atoms with E-state index >= 15 is 0 Å². The molecule has 1 aliphatic rings. The maximum atomic E-state index is 11.4. The number of rotatable bonds is 1. The summed E-state index contributed by atoms with van der Waals surface area (Å²) in [6, 6.07) is 5.25. The Kier molecular flexibility index (Phi) is 2.32. The highest BCUT2D eigenvalue weighted by Gasteiger charge is 2.42. The van der Waals surface area contributed by atoms with E-state index in [4.69, 9.17) is 27.9 Å². The van der Waals surface area contributed by atoms with Crippen molar-refractivity contribution in [3.63, 3.8) is 0 Å². The molecule has 0 aromatic heterocycles. The third kappa shape index (κ3) is 1.66. The Morgan fingerprint density at radius 3 is 2.60 bits per heavy atom. The molecule has 80 valence electrons. The number of carbonyl (C=O) groups is 1. The molecule has 0 atom stereocenters. The van der Waals surface area contributed by atoms with Crippen molar-refractivity contribution >= 4 is 34.9 Å². The van der Waals surface area contributed by atoms with Crippen molar-refractivity contribution in [2.45, 2.75) is 4.52 Å². The first-order chi connectivity index (χ1) is 6.92. The number of anilines is 1. The van der Waals surface area contributed by atoms with Crippen molar-refractivity contribution in [3.8, 4) is 0 Å². The molecule has 0 fully saturated rings. The summed E-state index contributed by atoms with van der Waals surface area (Å²) in [6.45, 7) is 0. The number of nitrogens with zero attached hydrogens (tertiary/aromatic N) is 1. The topological polar surface area (TPSA) is 29.5 Å². The number of halogens is 2. The molecule has 1 aromatic rings. The molecule has 1 aliphatic heterocycles. The van der Waals surface area contributed by atoms with Gasteiger partial charge in [-0.3, -0.25) is 0 Å². The largest absolute Gasteiger partial charge is 0.421 e. The molecule has 0 saturated heterocycles. The second kappa shape index (κ2) is 3.29. The molecule has 0 unspecified atom stereocenters. The van der Waals surface area contributed by atoms with Gasteiger partial charge in [-0.25, -0.2) is 4.79 Å². The van der Waals surface area contributed by atoms with Crippen molar-refractivity contribution in [1.82, 2.24) is 0 Å². The number of ether oxygens (including phenoxy) is 1. The Labute approximate surface area is 97.5 Å². The maximum absolute atomic E-state index is 11.4. The molecule has 0 spiro atoms. The molecule has 2 rings (SSSR count).